The van der Waals surface area contributed by atoms with E-state index in [0.29, 0.717) is 11.5 Å². The van der Waals surface area contributed by atoms with Crippen molar-refractivity contribution in [1.82, 2.24) is 10.6 Å². The highest BCUT2D eigenvalue weighted by atomic mass is 16.5. The molecule has 0 saturated carbocycles. The van der Waals surface area contributed by atoms with Gasteiger partial charge in [-0.25, -0.2) is 9.59 Å². The van der Waals surface area contributed by atoms with Crippen LogP contribution in [0.4, 0.5) is 0 Å². The summed E-state index contributed by atoms with van der Waals surface area (Å²) in [4.78, 5) is 47.2. The second-order valence-electron chi connectivity index (χ2n) is 7.75. The molecule has 9 heteroatoms. The molecule has 0 atom stereocenters. The van der Waals surface area contributed by atoms with Crippen molar-refractivity contribution in [1.29, 1.82) is 0 Å². The van der Waals surface area contributed by atoms with Crippen LogP contribution in [-0.2, 0) is 19.1 Å². The molecule has 33 heavy (non-hydrogen) atoms. The van der Waals surface area contributed by atoms with Crippen LogP contribution in [-0.4, -0.2) is 49.1 Å². The lowest BCUT2D eigenvalue weighted by Crippen LogP contribution is -2.33. The predicted octanol–water partition coefficient (Wildman–Crippen LogP) is 2.84. The van der Waals surface area contributed by atoms with E-state index in [1.165, 1.54) is 24.3 Å². The molecule has 0 spiro atoms. The van der Waals surface area contributed by atoms with E-state index in [1.54, 1.807) is 24.3 Å². The zero-order valence-electron chi connectivity index (χ0n) is 19.0. The van der Waals surface area contributed by atoms with Gasteiger partial charge in [-0.3, -0.25) is 9.59 Å². The molecule has 0 bridgehead atoms. The van der Waals surface area contributed by atoms with Crippen molar-refractivity contribution >= 4 is 23.8 Å². The second-order valence-corrected chi connectivity index (χ2v) is 7.75. The maximum atomic E-state index is 12.0. The summed E-state index contributed by atoms with van der Waals surface area (Å²) in [7, 11) is 0. The molecule has 2 aromatic carbocycles. The van der Waals surface area contributed by atoms with E-state index in [1.807, 2.05) is 27.7 Å². The Morgan fingerprint density at radius 3 is 1.27 bits per heavy atom. The highest BCUT2D eigenvalue weighted by molar-refractivity contribution is 5.92. The average Bonchev–Trinajstić information content (AvgIpc) is 2.76. The lowest BCUT2D eigenvalue weighted by Gasteiger charge is -2.10. The molecule has 0 aliphatic carbocycles. The molecule has 0 fully saturated rings. The van der Waals surface area contributed by atoms with Crippen LogP contribution >= 0.6 is 0 Å². The van der Waals surface area contributed by atoms with Crippen molar-refractivity contribution in [2.45, 2.75) is 39.8 Å². The monoisotopic (exact) mass is 456 g/mol. The van der Waals surface area contributed by atoms with E-state index in [-0.39, 0.29) is 48.2 Å². The first kappa shape index (κ1) is 25.4. The summed E-state index contributed by atoms with van der Waals surface area (Å²) in [6.45, 7) is 6.54. The molecule has 0 unspecified atom stereocenters. The van der Waals surface area contributed by atoms with E-state index in [0.717, 1.165) is 0 Å². The fourth-order valence-electron chi connectivity index (χ4n) is 2.61. The number of hydrogen-bond acceptors (Lipinski definition) is 7. The molecule has 176 valence electrons. The first-order valence-electron chi connectivity index (χ1n) is 10.4. The first-order chi connectivity index (χ1) is 15.6. The highest BCUT2D eigenvalue weighted by Crippen LogP contribution is 2.22. The summed E-state index contributed by atoms with van der Waals surface area (Å²) < 4.78 is 15.7. The number of nitrogens with one attached hydrogen (secondary N) is 2. The third-order valence-electron chi connectivity index (χ3n) is 3.98. The van der Waals surface area contributed by atoms with Crippen LogP contribution in [0.3, 0.4) is 0 Å². The number of carbonyl (C=O) groups excluding carboxylic acids is 4. The van der Waals surface area contributed by atoms with Gasteiger partial charge >= 0.3 is 11.9 Å². The van der Waals surface area contributed by atoms with E-state index in [9.17, 15) is 19.2 Å². The van der Waals surface area contributed by atoms with Crippen LogP contribution in [0.2, 0.25) is 0 Å². The number of amides is 2. The molecule has 2 rings (SSSR count). The van der Waals surface area contributed by atoms with E-state index in [2.05, 4.69) is 10.6 Å². The molecule has 0 aromatic heterocycles. The predicted molar refractivity (Wildman–Crippen MR) is 120 cm³/mol. The fraction of sp³-hybridized carbons (Fsp3) is 0.333. The number of benzene rings is 2. The lowest BCUT2D eigenvalue weighted by atomic mass is 10.2. The van der Waals surface area contributed by atoms with Crippen molar-refractivity contribution in [3.8, 4) is 11.5 Å². The lowest BCUT2D eigenvalue weighted by molar-refractivity contribution is -0.125. The van der Waals surface area contributed by atoms with E-state index >= 15 is 0 Å². The number of rotatable bonds is 10. The van der Waals surface area contributed by atoms with E-state index < -0.39 is 11.9 Å². The van der Waals surface area contributed by atoms with Gasteiger partial charge in [-0.2, -0.15) is 0 Å². The minimum absolute atomic E-state index is 0.0384. The van der Waals surface area contributed by atoms with Gasteiger partial charge in [0.2, 0.25) is 0 Å². The van der Waals surface area contributed by atoms with Crippen molar-refractivity contribution < 1.29 is 33.4 Å². The molecule has 0 aliphatic heterocycles. The Kier molecular flexibility index (Phi) is 9.41. The van der Waals surface area contributed by atoms with Gasteiger partial charge in [0.1, 0.15) is 11.5 Å². The van der Waals surface area contributed by atoms with Crippen LogP contribution in [0.1, 0.15) is 48.4 Å². The minimum Gasteiger partial charge on any atom is -0.457 e. The molecule has 9 nitrogen and oxygen atoms in total. The standard InChI is InChI=1S/C24H28N2O7/c1-15(2)25-21(27)13-31-23(29)17-5-9-19(10-6-17)33-20-11-7-18(8-12-20)24(30)32-14-22(28)26-16(3)4/h5-12,15-16H,13-14H2,1-4H3,(H,25,27)(H,26,28). The maximum absolute atomic E-state index is 12.0. The van der Waals surface area contributed by atoms with Gasteiger partial charge in [0.25, 0.3) is 11.8 Å². The Labute approximate surface area is 192 Å². The Hall–Kier alpha value is -3.88. The molecule has 2 N–H and O–H groups in total. The third kappa shape index (κ3) is 9.02. The molecule has 0 heterocycles. The Morgan fingerprint density at radius 1 is 0.636 bits per heavy atom. The first-order valence-corrected chi connectivity index (χ1v) is 10.4. The molecular weight excluding hydrogens is 428 g/mol. The van der Waals surface area contributed by atoms with Crippen LogP contribution in [0.25, 0.3) is 0 Å². The average molecular weight is 456 g/mol. The van der Waals surface area contributed by atoms with Crippen molar-refractivity contribution in [3.63, 3.8) is 0 Å². The van der Waals surface area contributed by atoms with Crippen molar-refractivity contribution in [3.05, 3.63) is 59.7 Å². The highest BCUT2D eigenvalue weighted by Gasteiger charge is 2.13. The smallest absolute Gasteiger partial charge is 0.338 e. The number of esters is 2. The number of hydrogen-bond donors (Lipinski definition) is 2. The molecular formula is C24H28N2O7. The summed E-state index contributed by atoms with van der Waals surface area (Å²) in [5, 5.41) is 5.26. The zero-order valence-corrected chi connectivity index (χ0v) is 19.0. The molecule has 0 radical (unpaired) electrons. The number of carbonyl (C=O) groups is 4. The van der Waals surface area contributed by atoms with Crippen molar-refractivity contribution in [2.75, 3.05) is 13.2 Å². The van der Waals surface area contributed by atoms with Gasteiger partial charge in [0.15, 0.2) is 13.2 Å². The summed E-state index contributed by atoms with van der Waals surface area (Å²) in [6.07, 6.45) is 0. The van der Waals surface area contributed by atoms with Crippen LogP contribution in [0.15, 0.2) is 48.5 Å². The molecule has 0 aliphatic rings. The Morgan fingerprint density at radius 2 is 0.970 bits per heavy atom. The minimum atomic E-state index is -0.620. The summed E-state index contributed by atoms with van der Waals surface area (Å²) in [5.41, 5.74) is 0.554. The summed E-state index contributed by atoms with van der Waals surface area (Å²) in [5.74, 6) is -1.06. The van der Waals surface area contributed by atoms with Gasteiger partial charge in [-0.05, 0) is 76.2 Å². The maximum Gasteiger partial charge on any atom is 0.338 e. The van der Waals surface area contributed by atoms with Crippen LogP contribution < -0.4 is 15.4 Å². The zero-order chi connectivity index (χ0) is 24.4. The Bertz CT molecular complexity index is 888. The van der Waals surface area contributed by atoms with Crippen molar-refractivity contribution in [2.24, 2.45) is 0 Å². The second kappa shape index (κ2) is 12.2. The number of ether oxygens (including phenoxy) is 3. The fourth-order valence-corrected chi connectivity index (χ4v) is 2.61. The molecule has 2 amide bonds. The summed E-state index contributed by atoms with van der Waals surface area (Å²) >= 11 is 0. The van der Waals surface area contributed by atoms with Crippen LogP contribution in [0.5, 0.6) is 11.5 Å². The normalized spacial score (nSPS) is 10.5. The van der Waals surface area contributed by atoms with Gasteiger partial charge in [-0.15, -0.1) is 0 Å². The largest absolute Gasteiger partial charge is 0.457 e. The SMILES string of the molecule is CC(C)NC(=O)COC(=O)c1ccc(Oc2ccc(C(=O)OCC(=O)NC(C)C)cc2)cc1. The topological polar surface area (TPSA) is 120 Å². The van der Waals surface area contributed by atoms with Gasteiger partial charge < -0.3 is 24.8 Å². The third-order valence-corrected chi connectivity index (χ3v) is 3.98. The van der Waals surface area contributed by atoms with Crippen LogP contribution in [0, 0.1) is 0 Å². The van der Waals surface area contributed by atoms with Gasteiger partial charge in [0.05, 0.1) is 11.1 Å². The summed E-state index contributed by atoms with van der Waals surface area (Å²) in [6, 6.07) is 12.3. The Balaban J connectivity index is 1.86. The van der Waals surface area contributed by atoms with E-state index in [4.69, 9.17) is 14.2 Å². The van der Waals surface area contributed by atoms with Gasteiger partial charge in [-0.1, -0.05) is 0 Å². The molecule has 0 saturated heterocycles. The molecule has 2 aromatic rings. The quantitative estimate of drug-likeness (QED) is 0.528. The van der Waals surface area contributed by atoms with Gasteiger partial charge in [0, 0.05) is 12.1 Å².